The van der Waals surface area contributed by atoms with Crippen LogP contribution in [0, 0.1) is 0 Å². The molecule has 2 rings (SSSR count). The van der Waals surface area contributed by atoms with E-state index in [0.29, 0.717) is 30.1 Å². The molecule has 1 atom stereocenters. The molecule has 0 amide bonds. The van der Waals surface area contributed by atoms with Crippen LogP contribution in [0.5, 0.6) is 0 Å². The van der Waals surface area contributed by atoms with Crippen LogP contribution in [0.3, 0.4) is 0 Å². The van der Waals surface area contributed by atoms with Crippen LogP contribution in [0.25, 0.3) is 11.8 Å². The zero-order valence-corrected chi connectivity index (χ0v) is 17.5. The average molecular weight is 464 g/mol. The Morgan fingerprint density at radius 2 is 1.69 bits per heavy atom. The van der Waals surface area contributed by atoms with Crippen molar-refractivity contribution in [3.05, 3.63) is 53.6 Å². The zero-order valence-electron chi connectivity index (χ0n) is 17.5. The third-order valence-electron chi connectivity index (χ3n) is 4.91. The fourth-order valence-electron chi connectivity index (χ4n) is 2.99. The number of halogens is 6. The van der Waals surface area contributed by atoms with E-state index >= 15 is 0 Å². The topological polar surface area (TPSA) is 64.3 Å². The van der Waals surface area contributed by atoms with E-state index in [9.17, 15) is 36.2 Å². The van der Waals surface area contributed by atoms with Crippen LogP contribution >= 0.6 is 0 Å². The lowest BCUT2D eigenvalue weighted by Crippen LogP contribution is -2.53. The summed E-state index contributed by atoms with van der Waals surface area (Å²) < 4.78 is 85.2. The molecule has 0 aliphatic heterocycles. The summed E-state index contributed by atoms with van der Waals surface area (Å²) >= 11 is 0. The molecule has 1 heterocycles. The summed E-state index contributed by atoms with van der Waals surface area (Å²) in [5.74, 6) is -0.242. The van der Waals surface area contributed by atoms with Gasteiger partial charge in [-0.25, -0.2) is 9.78 Å². The second-order valence-electron chi connectivity index (χ2n) is 7.02. The summed E-state index contributed by atoms with van der Waals surface area (Å²) in [6.07, 6.45) is -7.36. The summed E-state index contributed by atoms with van der Waals surface area (Å²) in [6.45, 7) is 5.51. The normalized spacial score (nSPS) is 14.1. The van der Waals surface area contributed by atoms with Crippen LogP contribution in [-0.2, 0) is 15.1 Å². The highest BCUT2D eigenvalue weighted by molar-refractivity contribution is 5.86. The highest BCUT2D eigenvalue weighted by atomic mass is 19.4. The molecule has 0 aliphatic carbocycles. The van der Waals surface area contributed by atoms with Crippen molar-refractivity contribution in [2.24, 2.45) is 0 Å². The molecule has 2 aromatic rings. The quantitative estimate of drug-likeness (QED) is 0.344. The Morgan fingerprint density at radius 1 is 1.12 bits per heavy atom. The van der Waals surface area contributed by atoms with Crippen molar-refractivity contribution in [1.82, 2.24) is 9.55 Å². The molecule has 0 fully saturated rings. The maximum atomic E-state index is 13.1. The molecular weight excluding hydrogens is 442 g/mol. The molecule has 5 nitrogen and oxygen atoms in total. The minimum Gasteiger partial charge on any atom is -0.463 e. The van der Waals surface area contributed by atoms with E-state index in [2.05, 4.69) is 4.98 Å². The van der Waals surface area contributed by atoms with Crippen LogP contribution in [-0.4, -0.2) is 39.6 Å². The summed E-state index contributed by atoms with van der Waals surface area (Å²) in [6, 6.07) is 3.17. The Balaban J connectivity index is 2.58. The molecule has 176 valence electrons. The Bertz CT molecular complexity index is 947. The number of ether oxygens (including phenoxy) is 1. The van der Waals surface area contributed by atoms with Crippen molar-refractivity contribution in [3.8, 4) is 5.69 Å². The standard InChI is InChI=1S/C21H22F6N2O3/c1-4-13(3)18-28-12-16(10-11-17(30)32-5-2)29(18)15-8-6-14(7-9-15)19(31,20(22,23)24)21(25,26)27/h6-13,31H,4-5H2,1-3H3. The molecule has 32 heavy (non-hydrogen) atoms. The van der Waals surface area contributed by atoms with E-state index in [1.54, 1.807) is 6.92 Å². The molecule has 1 unspecified atom stereocenters. The number of nitrogens with zero attached hydrogens (tertiary/aromatic N) is 2. The number of rotatable bonds is 7. The van der Waals surface area contributed by atoms with Gasteiger partial charge in [-0.05, 0) is 31.6 Å². The molecule has 11 heteroatoms. The van der Waals surface area contributed by atoms with Crippen molar-refractivity contribution in [2.45, 2.75) is 51.1 Å². The first-order valence-corrected chi connectivity index (χ1v) is 9.67. The number of benzene rings is 1. The van der Waals surface area contributed by atoms with Gasteiger partial charge in [0.2, 0.25) is 0 Å². The lowest BCUT2D eigenvalue weighted by atomic mass is 9.92. The van der Waals surface area contributed by atoms with E-state index in [0.717, 1.165) is 18.2 Å². The van der Waals surface area contributed by atoms with Crippen LogP contribution in [0.4, 0.5) is 26.3 Å². The predicted molar refractivity (Wildman–Crippen MR) is 104 cm³/mol. The van der Waals surface area contributed by atoms with Gasteiger partial charge in [0, 0.05) is 23.2 Å². The maximum absolute atomic E-state index is 13.1. The van der Waals surface area contributed by atoms with E-state index in [1.807, 2.05) is 13.8 Å². The van der Waals surface area contributed by atoms with Crippen molar-refractivity contribution < 1.29 is 41.0 Å². The maximum Gasteiger partial charge on any atom is 0.430 e. The molecule has 1 aromatic carbocycles. The Labute approximate surface area is 180 Å². The van der Waals surface area contributed by atoms with Gasteiger partial charge in [0.05, 0.1) is 18.5 Å². The first-order valence-electron chi connectivity index (χ1n) is 9.67. The number of imidazole rings is 1. The number of esters is 1. The largest absolute Gasteiger partial charge is 0.463 e. The fraction of sp³-hybridized carbons (Fsp3) is 0.429. The molecular formula is C21H22F6N2O3. The van der Waals surface area contributed by atoms with Crippen LogP contribution < -0.4 is 0 Å². The Morgan fingerprint density at radius 3 is 2.16 bits per heavy atom. The van der Waals surface area contributed by atoms with Crippen LogP contribution in [0.2, 0.25) is 0 Å². The lowest BCUT2D eigenvalue weighted by molar-refractivity contribution is -0.376. The van der Waals surface area contributed by atoms with Gasteiger partial charge in [0.25, 0.3) is 5.60 Å². The van der Waals surface area contributed by atoms with Gasteiger partial charge in [-0.3, -0.25) is 4.57 Å². The summed E-state index contributed by atoms with van der Waals surface area (Å²) in [5, 5.41) is 9.58. The summed E-state index contributed by atoms with van der Waals surface area (Å²) in [7, 11) is 0. The third-order valence-corrected chi connectivity index (χ3v) is 4.91. The fourth-order valence-corrected chi connectivity index (χ4v) is 2.99. The molecule has 1 N–H and O–H groups in total. The monoisotopic (exact) mass is 464 g/mol. The molecule has 0 saturated carbocycles. The van der Waals surface area contributed by atoms with Crippen LogP contribution in [0.1, 0.15) is 50.2 Å². The number of hydrogen-bond donors (Lipinski definition) is 1. The number of aliphatic hydroxyl groups is 1. The smallest absolute Gasteiger partial charge is 0.430 e. The van der Waals surface area contributed by atoms with Gasteiger partial charge >= 0.3 is 18.3 Å². The minimum atomic E-state index is -5.98. The first-order chi connectivity index (χ1) is 14.8. The highest BCUT2D eigenvalue weighted by Crippen LogP contribution is 2.50. The van der Waals surface area contributed by atoms with Gasteiger partial charge in [-0.1, -0.05) is 26.0 Å². The molecule has 0 saturated heterocycles. The second-order valence-corrected chi connectivity index (χ2v) is 7.02. The van der Waals surface area contributed by atoms with Crippen molar-refractivity contribution in [3.63, 3.8) is 0 Å². The van der Waals surface area contributed by atoms with E-state index in [4.69, 9.17) is 4.74 Å². The Hall–Kier alpha value is -2.82. The number of hydrogen-bond acceptors (Lipinski definition) is 4. The van der Waals surface area contributed by atoms with E-state index in [1.165, 1.54) is 16.8 Å². The minimum absolute atomic E-state index is 0.110. The van der Waals surface area contributed by atoms with Gasteiger partial charge in [0.15, 0.2) is 0 Å². The predicted octanol–water partition coefficient (Wildman–Crippen LogP) is 5.27. The number of carbonyl (C=O) groups excluding carboxylic acids is 1. The zero-order chi connectivity index (χ0) is 24.3. The first kappa shape index (κ1) is 25.4. The van der Waals surface area contributed by atoms with E-state index < -0.39 is 29.5 Å². The third kappa shape index (κ3) is 4.82. The molecule has 0 bridgehead atoms. The van der Waals surface area contributed by atoms with Gasteiger partial charge in [-0.2, -0.15) is 26.3 Å². The number of aromatic nitrogens is 2. The van der Waals surface area contributed by atoms with Gasteiger partial charge in [0.1, 0.15) is 5.82 Å². The molecule has 0 aliphatic rings. The average Bonchev–Trinajstić information content (AvgIpc) is 3.13. The van der Waals surface area contributed by atoms with Gasteiger partial charge < -0.3 is 9.84 Å². The lowest BCUT2D eigenvalue weighted by Gasteiger charge is -2.32. The van der Waals surface area contributed by atoms with E-state index in [-0.39, 0.29) is 18.2 Å². The summed E-state index contributed by atoms with van der Waals surface area (Å²) in [4.78, 5) is 15.9. The molecule has 0 radical (unpaired) electrons. The van der Waals surface area contributed by atoms with Crippen molar-refractivity contribution >= 4 is 12.0 Å². The molecule has 1 aromatic heterocycles. The number of alkyl halides is 6. The van der Waals surface area contributed by atoms with Crippen molar-refractivity contribution in [2.75, 3.05) is 6.61 Å². The molecule has 0 spiro atoms. The Kier molecular flexibility index (Phi) is 7.44. The summed E-state index contributed by atoms with van der Waals surface area (Å²) in [5.41, 5.74) is -5.81. The van der Waals surface area contributed by atoms with Crippen molar-refractivity contribution in [1.29, 1.82) is 0 Å². The SMILES string of the molecule is CCOC(=O)C=Cc1cnc(C(C)CC)n1-c1ccc(C(O)(C(F)(F)F)C(F)(F)F)cc1. The van der Waals surface area contributed by atoms with Gasteiger partial charge in [-0.15, -0.1) is 0 Å². The highest BCUT2D eigenvalue weighted by Gasteiger charge is 2.71. The number of carbonyl (C=O) groups is 1. The van der Waals surface area contributed by atoms with Crippen LogP contribution in [0.15, 0.2) is 36.5 Å². The second kappa shape index (κ2) is 9.35.